The molecule has 0 saturated heterocycles. The lowest BCUT2D eigenvalue weighted by molar-refractivity contribution is -0.120. The average Bonchev–Trinajstić information content (AvgIpc) is 3.06. The highest BCUT2D eigenvalue weighted by Crippen LogP contribution is 2.19. The molecular weight excluding hydrogens is 433 g/mol. The van der Waals surface area contributed by atoms with Gasteiger partial charge in [0.15, 0.2) is 5.65 Å². The molecule has 3 rings (SSSR count). The number of amides is 1. The maximum absolute atomic E-state index is 13.2. The van der Waals surface area contributed by atoms with Crippen molar-refractivity contribution >= 4 is 33.2 Å². The fourth-order valence-electron chi connectivity index (χ4n) is 2.80. The van der Waals surface area contributed by atoms with E-state index in [0.29, 0.717) is 13.0 Å². The molecule has 0 aliphatic heterocycles. The van der Waals surface area contributed by atoms with Crippen molar-refractivity contribution in [3.05, 3.63) is 58.8 Å². The van der Waals surface area contributed by atoms with Gasteiger partial charge >= 0.3 is 0 Å². The Bertz CT molecular complexity index is 1170. The second kappa shape index (κ2) is 9.50. The minimum absolute atomic E-state index is 0.0196. The van der Waals surface area contributed by atoms with E-state index in [1.165, 1.54) is 0 Å². The number of nitrogens with zero attached hydrogens (tertiary/aromatic N) is 3. The summed E-state index contributed by atoms with van der Waals surface area (Å²) >= 11 is 5.61. The number of carbonyl (C=O) groups is 1. The normalized spacial score (nSPS) is 11.7. The van der Waals surface area contributed by atoms with Gasteiger partial charge < -0.3 is 5.32 Å². The van der Waals surface area contributed by atoms with Crippen molar-refractivity contribution in [1.29, 1.82) is 0 Å². The van der Waals surface area contributed by atoms with E-state index in [1.54, 1.807) is 10.7 Å². The van der Waals surface area contributed by atoms with Crippen molar-refractivity contribution in [2.75, 3.05) is 13.1 Å². The van der Waals surface area contributed by atoms with Crippen LogP contribution in [0.5, 0.6) is 0 Å². The third-order valence-corrected chi connectivity index (χ3v) is 6.05. The first-order chi connectivity index (χ1) is 14.2. The molecule has 0 aliphatic rings. The zero-order chi connectivity index (χ0) is 21.7. The van der Waals surface area contributed by atoms with E-state index in [1.807, 2.05) is 19.2 Å². The lowest BCUT2D eigenvalue weighted by Crippen LogP contribution is -2.31. The van der Waals surface area contributed by atoms with Crippen LogP contribution in [0.2, 0.25) is 5.02 Å². The molecule has 0 spiro atoms. The second-order valence-corrected chi connectivity index (χ2v) is 8.90. The van der Waals surface area contributed by atoms with Crippen LogP contribution < -0.4 is 10.0 Å². The highest BCUT2D eigenvalue weighted by molar-refractivity contribution is 7.89. The summed E-state index contributed by atoms with van der Waals surface area (Å²) in [7, 11) is -3.87. The first-order valence-electron chi connectivity index (χ1n) is 9.27. The molecule has 2 N–H and O–H groups in total. The van der Waals surface area contributed by atoms with E-state index in [9.17, 15) is 17.6 Å². The van der Waals surface area contributed by atoms with Crippen LogP contribution in [0.15, 0.2) is 41.6 Å². The van der Waals surface area contributed by atoms with E-state index in [2.05, 4.69) is 20.1 Å². The van der Waals surface area contributed by atoms with Crippen molar-refractivity contribution in [2.24, 2.45) is 0 Å². The number of fused-ring (bicyclic) bond motifs is 1. The molecule has 2 heterocycles. The Morgan fingerprint density at radius 2 is 2.07 bits per heavy atom. The van der Waals surface area contributed by atoms with Gasteiger partial charge in [0.05, 0.1) is 15.6 Å². The molecule has 0 saturated carbocycles. The number of hydrogen-bond donors (Lipinski definition) is 2. The van der Waals surface area contributed by atoms with Gasteiger partial charge in [-0.3, -0.25) is 4.79 Å². The van der Waals surface area contributed by atoms with E-state index >= 15 is 0 Å². The van der Waals surface area contributed by atoms with Crippen molar-refractivity contribution in [2.45, 2.75) is 31.1 Å². The third kappa shape index (κ3) is 5.74. The molecule has 0 unspecified atom stereocenters. The summed E-state index contributed by atoms with van der Waals surface area (Å²) < 4.78 is 41.5. The monoisotopic (exact) mass is 453 g/mol. The zero-order valence-electron chi connectivity index (χ0n) is 16.2. The molecule has 1 amide bonds. The van der Waals surface area contributed by atoms with Gasteiger partial charge in [0.25, 0.3) is 0 Å². The molecule has 160 valence electrons. The summed E-state index contributed by atoms with van der Waals surface area (Å²) in [6, 6.07) is 5.00. The van der Waals surface area contributed by atoms with Crippen LogP contribution in [0.1, 0.15) is 24.1 Å². The van der Waals surface area contributed by atoms with Crippen LogP contribution in [0.25, 0.3) is 5.65 Å². The first kappa shape index (κ1) is 22.1. The minimum Gasteiger partial charge on any atom is -0.356 e. The van der Waals surface area contributed by atoms with Crippen LogP contribution in [-0.2, 0) is 21.2 Å². The summed E-state index contributed by atoms with van der Waals surface area (Å²) in [5.74, 6) is -0.975. The first-order valence-corrected chi connectivity index (χ1v) is 11.1. The molecule has 3 aromatic rings. The highest BCUT2D eigenvalue weighted by atomic mass is 35.5. The van der Waals surface area contributed by atoms with Gasteiger partial charge in [-0.15, -0.1) is 0 Å². The van der Waals surface area contributed by atoms with Crippen molar-refractivity contribution in [3.8, 4) is 0 Å². The van der Waals surface area contributed by atoms with Gasteiger partial charge in [0, 0.05) is 38.0 Å². The number of halogens is 2. The number of aromatic nitrogens is 3. The lowest BCUT2D eigenvalue weighted by Gasteiger charge is -2.08. The van der Waals surface area contributed by atoms with E-state index in [-0.39, 0.29) is 28.8 Å². The van der Waals surface area contributed by atoms with Crippen LogP contribution in [0.4, 0.5) is 4.39 Å². The van der Waals surface area contributed by atoms with Crippen LogP contribution >= 0.6 is 11.6 Å². The van der Waals surface area contributed by atoms with Gasteiger partial charge in [0.1, 0.15) is 5.82 Å². The maximum atomic E-state index is 13.2. The Morgan fingerprint density at radius 1 is 1.27 bits per heavy atom. The number of nitrogens with one attached hydrogen (secondary N) is 2. The SMILES string of the molecule is Cc1cc2ncc(CCCNC(=O)CCNS(=O)(=O)c3ccc(F)c(Cl)c3)cn2n1. The molecule has 0 fully saturated rings. The standard InChI is InChI=1S/C19H21ClFN5O3S/c1-13-9-18-23-11-14(12-26(18)25-13)3-2-7-22-19(27)6-8-24-30(28,29)15-4-5-17(21)16(20)10-15/h4-5,9-12,24H,2-3,6-8H2,1H3,(H,22,27). The molecule has 0 aliphatic carbocycles. The Hall–Kier alpha value is -2.56. The van der Waals surface area contributed by atoms with Gasteiger partial charge in [0.2, 0.25) is 15.9 Å². The number of benzene rings is 1. The molecule has 0 bridgehead atoms. The molecule has 0 atom stereocenters. The van der Waals surface area contributed by atoms with E-state index in [4.69, 9.17) is 11.6 Å². The number of rotatable bonds is 9. The zero-order valence-corrected chi connectivity index (χ0v) is 17.8. The molecule has 0 radical (unpaired) electrons. The molecule has 1 aromatic carbocycles. The molecule has 2 aromatic heterocycles. The fourth-order valence-corrected chi connectivity index (χ4v) is 4.10. The summed E-state index contributed by atoms with van der Waals surface area (Å²) in [5.41, 5.74) is 2.69. The Balaban J connectivity index is 1.38. The van der Waals surface area contributed by atoms with Gasteiger partial charge in [-0.05, 0) is 43.5 Å². The molecule has 8 nitrogen and oxygen atoms in total. The van der Waals surface area contributed by atoms with E-state index < -0.39 is 15.8 Å². The molecule has 11 heteroatoms. The predicted octanol–water partition coefficient (Wildman–Crippen LogP) is 2.25. The van der Waals surface area contributed by atoms with Crippen molar-refractivity contribution in [3.63, 3.8) is 0 Å². The van der Waals surface area contributed by atoms with E-state index in [0.717, 1.165) is 41.5 Å². The lowest BCUT2D eigenvalue weighted by atomic mass is 10.2. The Kier molecular flexibility index (Phi) is 7.01. The Labute approximate surface area is 178 Å². The summed E-state index contributed by atoms with van der Waals surface area (Å²) in [5, 5.41) is 6.78. The molecular formula is C19H21ClFN5O3S. The fraction of sp³-hybridized carbons (Fsp3) is 0.316. The topological polar surface area (TPSA) is 105 Å². The molecule has 30 heavy (non-hydrogen) atoms. The number of hydrogen-bond acceptors (Lipinski definition) is 5. The Morgan fingerprint density at radius 3 is 2.83 bits per heavy atom. The number of carbonyl (C=O) groups excluding carboxylic acids is 1. The number of aryl methyl sites for hydroxylation is 2. The summed E-state index contributed by atoms with van der Waals surface area (Å²) in [6.45, 7) is 2.27. The van der Waals surface area contributed by atoms with Gasteiger partial charge in [-0.2, -0.15) is 5.10 Å². The summed E-state index contributed by atoms with van der Waals surface area (Å²) in [4.78, 5) is 16.1. The largest absolute Gasteiger partial charge is 0.356 e. The maximum Gasteiger partial charge on any atom is 0.240 e. The van der Waals surface area contributed by atoms with Crippen LogP contribution in [0, 0.1) is 12.7 Å². The second-order valence-electron chi connectivity index (χ2n) is 6.73. The van der Waals surface area contributed by atoms with Gasteiger partial charge in [-0.1, -0.05) is 11.6 Å². The third-order valence-electron chi connectivity index (χ3n) is 4.30. The minimum atomic E-state index is -3.87. The van der Waals surface area contributed by atoms with Gasteiger partial charge in [-0.25, -0.2) is 27.0 Å². The average molecular weight is 454 g/mol. The quantitative estimate of drug-likeness (QED) is 0.483. The summed E-state index contributed by atoms with van der Waals surface area (Å²) in [6.07, 6.45) is 5.11. The number of sulfonamides is 1. The van der Waals surface area contributed by atoms with Crippen LogP contribution in [-0.4, -0.2) is 42.0 Å². The predicted molar refractivity (Wildman–Crippen MR) is 110 cm³/mol. The van der Waals surface area contributed by atoms with Crippen LogP contribution in [0.3, 0.4) is 0 Å². The van der Waals surface area contributed by atoms with Crippen molar-refractivity contribution < 1.29 is 17.6 Å². The van der Waals surface area contributed by atoms with Crippen molar-refractivity contribution in [1.82, 2.24) is 24.6 Å². The smallest absolute Gasteiger partial charge is 0.240 e. The highest BCUT2D eigenvalue weighted by Gasteiger charge is 2.16.